The number of anilines is 1. The Morgan fingerprint density at radius 3 is 2.73 bits per heavy atom. The van der Waals surface area contributed by atoms with Crippen molar-refractivity contribution in [2.75, 3.05) is 44.4 Å². The van der Waals surface area contributed by atoms with Gasteiger partial charge in [0.05, 0.1) is 6.26 Å². The Bertz CT molecular complexity index is 548. The number of hydrogen-bond acceptors (Lipinski definition) is 4. The van der Waals surface area contributed by atoms with Gasteiger partial charge in [0.25, 0.3) is 0 Å². The molecule has 2 rings (SSSR count). The lowest BCUT2D eigenvalue weighted by Crippen LogP contribution is -2.47. The molecule has 1 heterocycles. The Morgan fingerprint density at radius 1 is 1.32 bits per heavy atom. The molecule has 1 aliphatic rings. The van der Waals surface area contributed by atoms with Crippen LogP contribution in [0.1, 0.15) is 19.3 Å². The number of piperidine rings is 1. The maximum atomic E-state index is 11.0. The number of nitrogens with zero attached hydrogens (tertiary/aromatic N) is 2. The van der Waals surface area contributed by atoms with Crippen LogP contribution in [-0.2, 0) is 10.0 Å². The fraction of sp³-hybridized carbons (Fsp3) is 0.625. The van der Waals surface area contributed by atoms with Gasteiger partial charge >= 0.3 is 0 Å². The van der Waals surface area contributed by atoms with Gasteiger partial charge in [-0.3, -0.25) is 0 Å². The molecular formula is C16H27N3O2S. The molecule has 1 saturated heterocycles. The third-order valence-corrected chi connectivity index (χ3v) is 4.92. The minimum atomic E-state index is -3.07. The zero-order chi connectivity index (χ0) is 16.0. The Morgan fingerprint density at radius 2 is 2.05 bits per heavy atom. The topological polar surface area (TPSA) is 52.7 Å². The van der Waals surface area contributed by atoms with Crippen molar-refractivity contribution in [3.63, 3.8) is 0 Å². The van der Waals surface area contributed by atoms with Gasteiger partial charge in [0, 0.05) is 31.4 Å². The molecular weight excluding hydrogens is 298 g/mol. The van der Waals surface area contributed by atoms with Crippen LogP contribution in [0.25, 0.3) is 0 Å². The molecule has 1 aromatic rings. The van der Waals surface area contributed by atoms with Crippen LogP contribution in [0, 0.1) is 0 Å². The first kappa shape index (κ1) is 17.2. The molecule has 0 aromatic heterocycles. The molecule has 1 unspecified atom stereocenters. The van der Waals surface area contributed by atoms with E-state index in [0.29, 0.717) is 12.6 Å². The van der Waals surface area contributed by atoms with Crippen molar-refractivity contribution in [1.29, 1.82) is 0 Å². The smallest absolute Gasteiger partial charge is 0.208 e. The van der Waals surface area contributed by atoms with Gasteiger partial charge in [0.15, 0.2) is 0 Å². The van der Waals surface area contributed by atoms with Crippen molar-refractivity contribution in [3.05, 3.63) is 30.3 Å². The van der Waals surface area contributed by atoms with Gasteiger partial charge in [0.1, 0.15) is 0 Å². The molecule has 6 heteroatoms. The predicted molar refractivity (Wildman–Crippen MR) is 91.8 cm³/mol. The van der Waals surface area contributed by atoms with Gasteiger partial charge in [-0.15, -0.1) is 0 Å². The van der Waals surface area contributed by atoms with E-state index in [2.05, 4.69) is 45.8 Å². The predicted octanol–water partition coefficient (Wildman–Crippen LogP) is 1.53. The molecule has 0 amide bonds. The van der Waals surface area contributed by atoms with Gasteiger partial charge in [0.2, 0.25) is 10.0 Å². The maximum absolute atomic E-state index is 11.0. The molecule has 1 aliphatic heterocycles. The molecule has 124 valence electrons. The lowest BCUT2D eigenvalue weighted by atomic mass is 10.0. The number of benzene rings is 1. The molecule has 0 aliphatic carbocycles. The van der Waals surface area contributed by atoms with Crippen molar-refractivity contribution in [2.45, 2.75) is 25.3 Å². The van der Waals surface area contributed by atoms with Crippen LogP contribution in [-0.4, -0.2) is 58.8 Å². The highest BCUT2D eigenvalue weighted by Crippen LogP contribution is 2.21. The third kappa shape index (κ3) is 5.59. The monoisotopic (exact) mass is 325 g/mol. The molecule has 5 nitrogen and oxygen atoms in total. The number of hydrogen-bond donors (Lipinski definition) is 1. The van der Waals surface area contributed by atoms with E-state index in [0.717, 1.165) is 26.1 Å². The van der Waals surface area contributed by atoms with E-state index >= 15 is 0 Å². The summed E-state index contributed by atoms with van der Waals surface area (Å²) in [6, 6.07) is 11.1. The second-order valence-corrected chi connectivity index (χ2v) is 7.91. The zero-order valence-corrected chi connectivity index (χ0v) is 14.3. The Labute approximate surface area is 134 Å². The summed E-state index contributed by atoms with van der Waals surface area (Å²) in [6.45, 7) is 3.58. The van der Waals surface area contributed by atoms with Crippen molar-refractivity contribution >= 4 is 15.7 Å². The van der Waals surface area contributed by atoms with Crippen LogP contribution in [0.2, 0.25) is 0 Å². The van der Waals surface area contributed by atoms with E-state index < -0.39 is 10.0 Å². The highest BCUT2D eigenvalue weighted by atomic mass is 32.2. The molecule has 0 bridgehead atoms. The SMILES string of the molecule is CN(CCCNS(C)(=O)=O)C1CCCN(c2ccccc2)C1. The summed E-state index contributed by atoms with van der Waals surface area (Å²) in [5.74, 6) is 0. The highest BCUT2D eigenvalue weighted by Gasteiger charge is 2.23. The summed E-state index contributed by atoms with van der Waals surface area (Å²) in [5.41, 5.74) is 1.29. The van der Waals surface area contributed by atoms with E-state index in [1.54, 1.807) is 0 Å². The lowest BCUT2D eigenvalue weighted by Gasteiger charge is -2.39. The summed E-state index contributed by atoms with van der Waals surface area (Å²) in [4.78, 5) is 4.80. The van der Waals surface area contributed by atoms with Crippen LogP contribution in [0.15, 0.2) is 30.3 Å². The summed E-state index contributed by atoms with van der Waals surface area (Å²) in [5, 5.41) is 0. The first-order valence-corrected chi connectivity index (χ1v) is 9.80. The Kier molecular flexibility index (Phi) is 6.23. The first-order valence-electron chi connectivity index (χ1n) is 7.90. The van der Waals surface area contributed by atoms with Gasteiger partial charge in [-0.2, -0.15) is 0 Å². The maximum Gasteiger partial charge on any atom is 0.208 e. The van der Waals surface area contributed by atoms with Crippen LogP contribution in [0.5, 0.6) is 0 Å². The number of nitrogens with one attached hydrogen (secondary N) is 1. The Balaban J connectivity index is 1.79. The van der Waals surface area contributed by atoms with E-state index in [9.17, 15) is 8.42 Å². The summed E-state index contributed by atoms with van der Waals surface area (Å²) < 4.78 is 24.6. The highest BCUT2D eigenvalue weighted by molar-refractivity contribution is 7.88. The van der Waals surface area contributed by atoms with E-state index in [1.807, 2.05) is 6.07 Å². The molecule has 1 fully saturated rings. The minimum absolute atomic E-state index is 0.512. The number of rotatable bonds is 7. The minimum Gasteiger partial charge on any atom is -0.370 e. The third-order valence-electron chi connectivity index (χ3n) is 4.19. The molecule has 1 aromatic carbocycles. The molecule has 0 radical (unpaired) electrons. The van der Waals surface area contributed by atoms with Crippen LogP contribution < -0.4 is 9.62 Å². The molecule has 22 heavy (non-hydrogen) atoms. The summed E-state index contributed by atoms with van der Waals surface area (Å²) in [6.07, 6.45) is 4.45. The Hall–Kier alpha value is -1.11. The summed E-state index contributed by atoms with van der Waals surface area (Å²) in [7, 11) is -0.930. The van der Waals surface area contributed by atoms with E-state index in [4.69, 9.17) is 0 Å². The lowest BCUT2D eigenvalue weighted by molar-refractivity contribution is 0.214. The van der Waals surface area contributed by atoms with Crippen molar-refractivity contribution in [2.24, 2.45) is 0 Å². The van der Waals surface area contributed by atoms with Gasteiger partial charge in [-0.05, 0) is 45.0 Å². The van der Waals surface area contributed by atoms with Crippen molar-refractivity contribution in [1.82, 2.24) is 9.62 Å². The van der Waals surface area contributed by atoms with E-state index in [-0.39, 0.29) is 0 Å². The molecule has 0 saturated carbocycles. The van der Waals surface area contributed by atoms with Crippen LogP contribution in [0.4, 0.5) is 5.69 Å². The first-order chi connectivity index (χ1) is 10.5. The fourth-order valence-corrected chi connectivity index (χ4v) is 3.47. The fourth-order valence-electron chi connectivity index (χ4n) is 2.96. The number of sulfonamides is 1. The van der Waals surface area contributed by atoms with Crippen molar-refractivity contribution < 1.29 is 8.42 Å². The second kappa shape index (κ2) is 7.94. The van der Waals surface area contributed by atoms with Gasteiger partial charge in [-0.1, -0.05) is 18.2 Å². The standard InChI is InChI=1S/C16H27N3O2S/c1-18(12-7-11-17-22(2,20)21)16-10-6-13-19(14-16)15-8-4-3-5-9-15/h3-5,8-9,16-17H,6-7,10-14H2,1-2H3. The average Bonchev–Trinajstić information content (AvgIpc) is 2.51. The summed E-state index contributed by atoms with van der Waals surface area (Å²) >= 11 is 0. The van der Waals surface area contributed by atoms with Crippen LogP contribution in [0.3, 0.4) is 0 Å². The molecule has 1 atom stereocenters. The second-order valence-electron chi connectivity index (χ2n) is 6.08. The van der Waals surface area contributed by atoms with E-state index in [1.165, 1.54) is 24.8 Å². The zero-order valence-electron chi connectivity index (χ0n) is 13.5. The largest absolute Gasteiger partial charge is 0.370 e. The molecule has 0 spiro atoms. The van der Waals surface area contributed by atoms with Gasteiger partial charge in [-0.25, -0.2) is 13.1 Å². The number of para-hydroxylation sites is 1. The molecule has 1 N–H and O–H groups in total. The number of likely N-dealkylation sites (N-methyl/N-ethyl adjacent to an activating group) is 1. The normalized spacial score (nSPS) is 19.6. The van der Waals surface area contributed by atoms with Crippen molar-refractivity contribution in [3.8, 4) is 0 Å². The average molecular weight is 325 g/mol. The van der Waals surface area contributed by atoms with Crippen LogP contribution >= 0.6 is 0 Å². The quantitative estimate of drug-likeness (QED) is 0.773. The van der Waals surface area contributed by atoms with Gasteiger partial charge < -0.3 is 9.80 Å².